The van der Waals surface area contributed by atoms with Crippen molar-refractivity contribution in [3.8, 4) is 11.3 Å². The van der Waals surface area contributed by atoms with Gasteiger partial charge in [0.2, 0.25) is 0 Å². The molecule has 0 saturated heterocycles. The predicted octanol–water partition coefficient (Wildman–Crippen LogP) is 5.41. The second-order valence-corrected chi connectivity index (χ2v) is 10.2. The van der Waals surface area contributed by atoms with E-state index >= 15 is 0 Å². The lowest BCUT2D eigenvalue weighted by atomic mass is 10.1. The van der Waals surface area contributed by atoms with E-state index in [2.05, 4.69) is 10.1 Å². The molecule has 34 heavy (non-hydrogen) atoms. The monoisotopic (exact) mass is 506 g/mol. The summed E-state index contributed by atoms with van der Waals surface area (Å²) in [4.78, 5) is 31.3. The van der Waals surface area contributed by atoms with Crippen molar-refractivity contribution < 1.29 is 4.79 Å². The minimum Gasteiger partial charge on any atom is -0.309 e. The van der Waals surface area contributed by atoms with Gasteiger partial charge in [0.1, 0.15) is 0 Å². The maximum Gasteiger partial charge on any atom is 0.279 e. The molecule has 6 nitrogen and oxygen atoms in total. The van der Waals surface area contributed by atoms with Crippen LogP contribution in [0, 0.1) is 0 Å². The maximum absolute atomic E-state index is 13.1. The van der Waals surface area contributed by atoms with Gasteiger partial charge in [-0.15, -0.1) is 11.3 Å². The highest BCUT2D eigenvalue weighted by Gasteiger charge is 2.18. The summed E-state index contributed by atoms with van der Waals surface area (Å²) in [6, 6.07) is 16.6. The fourth-order valence-corrected chi connectivity index (χ4v) is 5.34. The third-order valence-electron chi connectivity index (χ3n) is 5.35. The van der Waals surface area contributed by atoms with Crippen LogP contribution in [0.3, 0.4) is 0 Å². The summed E-state index contributed by atoms with van der Waals surface area (Å²) < 4.78 is 3.79. The molecule has 0 aromatic carbocycles. The standard InChI is InChI=1S/C25H19ClN4O2S2/c26-23-7-6-21(34-23)5-4-20-14-22(28-30(20)25(32)18-9-12-33-16-18)17-8-11-29(24(31)13-17)15-19-3-1-2-10-27-19/h1-3,6-14,16H,4-5,15H2. The second kappa shape index (κ2) is 9.89. The molecule has 0 bridgehead atoms. The Hall–Kier alpha value is -3.33. The van der Waals surface area contributed by atoms with Crippen molar-refractivity contribution in [1.82, 2.24) is 19.3 Å². The average molecular weight is 507 g/mol. The van der Waals surface area contributed by atoms with E-state index in [0.717, 1.165) is 27.0 Å². The van der Waals surface area contributed by atoms with Crippen LogP contribution in [0.5, 0.6) is 0 Å². The molecule has 0 saturated carbocycles. The highest BCUT2D eigenvalue weighted by Crippen LogP contribution is 2.25. The zero-order valence-corrected chi connectivity index (χ0v) is 20.3. The second-order valence-electron chi connectivity index (χ2n) is 7.66. The molecular weight excluding hydrogens is 488 g/mol. The van der Waals surface area contributed by atoms with Gasteiger partial charge in [-0.3, -0.25) is 14.6 Å². The molecule has 0 aliphatic heterocycles. The number of hydrogen-bond acceptors (Lipinski definition) is 6. The maximum atomic E-state index is 13.1. The number of aromatic nitrogens is 4. The van der Waals surface area contributed by atoms with Crippen molar-refractivity contribution in [2.75, 3.05) is 0 Å². The van der Waals surface area contributed by atoms with Crippen molar-refractivity contribution >= 4 is 40.2 Å². The van der Waals surface area contributed by atoms with Crippen molar-refractivity contribution in [3.63, 3.8) is 0 Å². The summed E-state index contributed by atoms with van der Waals surface area (Å²) in [6.45, 7) is 0.389. The fraction of sp³-hybridized carbons (Fsp3) is 0.120. The first-order valence-corrected chi connectivity index (χ1v) is 12.7. The quantitative estimate of drug-likeness (QED) is 0.296. The highest BCUT2D eigenvalue weighted by atomic mass is 35.5. The van der Waals surface area contributed by atoms with Gasteiger partial charge in [0.05, 0.1) is 27.8 Å². The van der Waals surface area contributed by atoms with Crippen LogP contribution in [0.1, 0.15) is 26.6 Å². The molecule has 0 amide bonds. The third kappa shape index (κ3) is 4.94. The molecule has 5 aromatic rings. The number of hydrogen-bond donors (Lipinski definition) is 0. The highest BCUT2D eigenvalue weighted by molar-refractivity contribution is 7.16. The van der Waals surface area contributed by atoms with Gasteiger partial charge in [-0.2, -0.15) is 16.4 Å². The predicted molar refractivity (Wildman–Crippen MR) is 136 cm³/mol. The Morgan fingerprint density at radius 3 is 2.68 bits per heavy atom. The Labute approximate surface area is 208 Å². The van der Waals surface area contributed by atoms with Gasteiger partial charge < -0.3 is 4.57 Å². The van der Waals surface area contributed by atoms with Crippen LogP contribution in [0.2, 0.25) is 4.34 Å². The van der Waals surface area contributed by atoms with Gasteiger partial charge in [0.25, 0.3) is 11.5 Å². The van der Waals surface area contributed by atoms with Gasteiger partial charge in [-0.25, -0.2) is 4.68 Å². The Balaban J connectivity index is 1.45. The minimum atomic E-state index is -0.185. The van der Waals surface area contributed by atoms with Crippen LogP contribution in [0.4, 0.5) is 0 Å². The first-order valence-electron chi connectivity index (χ1n) is 10.6. The Kier molecular flexibility index (Phi) is 6.53. The zero-order chi connectivity index (χ0) is 23.5. The van der Waals surface area contributed by atoms with Gasteiger partial charge in [0, 0.05) is 40.0 Å². The summed E-state index contributed by atoms with van der Waals surface area (Å²) in [5.74, 6) is -0.185. The lowest BCUT2D eigenvalue weighted by Gasteiger charge is -2.06. The van der Waals surface area contributed by atoms with Crippen LogP contribution in [0.15, 0.2) is 82.5 Å². The molecule has 0 fully saturated rings. The topological polar surface area (TPSA) is 69.8 Å². The smallest absolute Gasteiger partial charge is 0.279 e. The summed E-state index contributed by atoms with van der Waals surface area (Å²) in [6.07, 6.45) is 4.80. The number of nitrogens with zero attached hydrogens (tertiary/aromatic N) is 4. The molecule has 0 unspecified atom stereocenters. The van der Waals surface area contributed by atoms with E-state index < -0.39 is 0 Å². The summed E-state index contributed by atoms with van der Waals surface area (Å²) >= 11 is 9.06. The molecule has 0 radical (unpaired) electrons. The largest absolute Gasteiger partial charge is 0.309 e. The van der Waals surface area contributed by atoms with E-state index in [4.69, 9.17) is 11.6 Å². The molecule has 0 aliphatic rings. The van der Waals surface area contributed by atoms with E-state index in [1.54, 1.807) is 29.1 Å². The number of rotatable bonds is 7. The normalized spacial score (nSPS) is 11.1. The molecule has 5 rings (SSSR count). The zero-order valence-electron chi connectivity index (χ0n) is 17.9. The number of thiophene rings is 2. The lowest BCUT2D eigenvalue weighted by Crippen LogP contribution is -2.19. The van der Waals surface area contributed by atoms with E-state index in [1.807, 2.05) is 53.2 Å². The van der Waals surface area contributed by atoms with Crippen molar-refractivity contribution in [3.05, 3.63) is 114 Å². The molecule has 5 aromatic heterocycles. The Morgan fingerprint density at radius 1 is 1.06 bits per heavy atom. The first-order chi connectivity index (χ1) is 16.6. The summed E-state index contributed by atoms with van der Waals surface area (Å²) in [7, 11) is 0. The van der Waals surface area contributed by atoms with Crippen LogP contribution >= 0.6 is 34.3 Å². The SMILES string of the molecule is O=C(c1ccsc1)n1nc(-c2ccn(Cc3ccccn3)c(=O)c2)cc1CCc1ccc(Cl)s1. The van der Waals surface area contributed by atoms with Gasteiger partial charge in [-0.05, 0) is 60.7 Å². The number of carbonyl (C=O) groups excluding carboxylic acids is 1. The average Bonchev–Trinajstić information content (AvgIpc) is 3.60. The molecule has 170 valence electrons. The van der Waals surface area contributed by atoms with Gasteiger partial charge >= 0.3 is 0 Å². The molecule has 5 heterocycles. The number of pyridine rings is 2. The Bertz CT molecular complexity index is 1490. The molecular formula is C25H19ClN4O2S2. The van der Waals surface area contributed by atoms with E-state index in [1.165, 1.54) is 27.4 Å². The summed E-state index contributed by atoms with van der Waals surface area (Å²) in [5.41, 5.74) is 3.28. The van der Waals surface area contributed by atoms with Crippen LogP contribution in [0.25, 0.3) is 11.3 Å². The van der Waals surface area contributed by atoms with E-state index in [-0.39, 0.29) is 11.5 Å². The van der Waals surface area contributed by atoms with Gasteiger partial charge in [-0.1, -0.05) is 17.7 Å². The Morgan fingerprint density at radius 2 is 1.97 bits per heavy atom. The number of carbonyl (C=O) groups is 1. The lowest BCUT2D eigenvalue weighted by molar-refractivity contribution is 0.0942. The van der Waals surface area contributed by atoms with E-state index in [0.29, 0.717) is 29.8 Å². The molecule has 0 N–H and O–H groups in total. The third-order valence-corrected chi connectivity index (χ3v) is 7.32. The minimum absolute atomic E-state index is 0.156. The molecule has 0 aliphatic carbocycles. The fourth-order valence-electron chi connectivity index (χ4n) is 3.62. The number of halogens is 1. The molecule has 0 spiro atoms. The first kappa shape index (κ1) is 22.5. The van der Waals surface area contributed by atoms with Crippen molar-refractivity contribution in [2.45, 2.75) is 19.4 Å². The molecule has 0 atom stereocenters. The van der Waals surface area contributed by atoms with Crippen LogP contribution < -0.4 is 5.56 Å². The van der Waals surface area contributed by atoms with Crippen molar-refractivity contribution in [2.24, 2.45) is 0 Å². The summed E-state index contributed by atoms with van der Waals surface area (Å²) in [5, 5.41) is 8.28. The number of aryl methyl sites for hydroxylation is 2. The van der Waals surface area contributed by atoms with Gasteiger partial charge in [0.15, 0.2) is 0 Å². The van der Waals surface area contributed by atoms with Crippen molar-refractivity contribution in [1.29, 1.82) is 0 Å². The van der Waals surface area contributed by atoms with Crippen LogP contribution in [-0.4, -0.2) is 25.2 Å². The van der Waals surface area contributed by atoms with E-state index in [9.17, 15) is 9.59 Å². The molecule has 9 heteroatoms. The van der Waals surface area contributed by atoms with Crippen LogP contribution in [-0.2, 0) is 19.4 Å².